The van der Waals surface area contributed by atoms with E-state index in [1.165, 1.54) is 0 Å². The molecule has 4 atom stereocenters. The van der Waals surface area contributed by atoms with E-state index in [1.807, 2.05) is 58.0 Å². The Balaban J connectivity index is 1.61. The van der Waals surface area contributed by atoms with Gasteiger partial charge >= 0.3 is 0 Å². The maximum absolute atomic E-state index is 12.8. The molecule has 148 valence electrons. The first-order valence-electron chi connectivity index (χ1n) is 9.76. The highest BCUT2D eigenvalue weighted by Crippen LogP contribution is 2.52. The quantitative estimate of drug-likeness (QED) is 0.457. The van der Waals surface area contributed by atoms with Gasteiger partial charge in [-0.1, -0.05) is 12.2 Å². The lowest BCUT2D eigenvalue weighted by molar-refractivity contribution is -0.140. The number of fused-ring (bicyclic) bond motifs is 5. The lowest BCUT2D eigenvalue weighted by Crippen LogP contribution is -2.28. The van der Waals surface area contributed by atoms with Crippen LogP contribution in [0.3, 0.4) is 0 Å². The van der Waals surface area contributed by atoms with Crippen molar-refractivity contribution in [3.8, 4) is 5.75 Å². The number of anilines is 1. The van der Waals surface area contributed by atoms with Gasteiger partial charge in [-0.3, -0.25) is 9.59 Å². The number of benzene rings is 1. The van der Waals surface area contributed by atoms with Crippen molar-refractivity contribution in [2.75, 3.05) is 19.0 Å². The van der Waals surface area contributed by atoms with Crippen LogP contribution in [-0.4, -0.2) is 42.7 Å². The summed E-state index contributed by atoms with van der Waals surface area (Å²) in [6.07, 6.45) is 6.64. The molecule has 1 aromatic carbocycles. The molecule has 28 heavy (non-hydrogen) atoms. The Bertz CT molecular complexity index is 852. The number of allylic oxidation sites excluding steroid dienone is 2. The summed E-state index contributed by atoms with van der Waals surface area (Å²) in [5.41, 5.74) is 1.36. The fraction of sp³-hybridized carbons (Fsp3) is 0.500. The molecule has 0 spiro atoms. The largest absolute Gasteiger partial charge is 0.487 e. The first-order valence-corrected chi connectivity index (χ1v) is 9.76. The number of carbonyl (C=O) groups is 2. The average Bonchev–Trinajstić information content (AvgIpc) is 3.27. The summed E-state index contributed by atoms with van der Waals surface area (Å²) in [6, 6.07) is 5.81. The van der Waals surface area contributed by atoms with Gasteiger partial charge in [0.05, 0.1) is 18.1 Å². The van der Waals surface area contributed by atoms with Crippen LogP contribution in [0.5, 0.6) is 5.75 Å². The highest BCUT2D eigenvalue weighted by atomic mass is 16.5. The van der Waals surface area contributed by atoms with E-state index >= 15 is 0 Å². The molecule has 0 radical (unpaired) electrons. The topological polar surface area (TPSA) is 62.2 Å². The number of ether oxygens (including phenoxy) is 1. The highest BCUT2D eigenvalue weighted by molar-refractivity contribution is 6.07. The third kappa shape index (κ3) is 3.11. The van der Waals surface area contributed by atoms with Crippen LogP contribution < -0.4 is 9.64 Å². The van der Waals surface area contributed by atoms with Crippen LogP contribution in [0, 0.1) is 23.7 Å². The third-order valence-corrected chi connectivity index (χ3v) is 5.69. The zero-order chi connectivity index (χ0) is 20.2. The zero-order valence-corrected chi connectivity index (χ0v) is 17.0. The van der Waals surface area contributed by atoms with Gasteiger partial charge < -0.3 is 9.64 Å². The van der Waals surface area contributed by atoms with Crippen LogP contribution in [0.15, 0.2) is 35.5 Å². The van der Waals surface area contributed by atoms with Gasteiger partial charge in [-0.15, -0.1) is 0 Å². The minimum atomic E-state index is -0.380. The van der Waals surface area contributed by atoms with Crippen molar-refractivity contribution >= 4 is 23.7 Å². The van der Waals surface area contributed by atoms with Crippen LogP contribution in [-0.2, 0) is 9.59 Å². The second kappa shape index (κ2) is 6.47. The van der Waals surface area contributed by atoms with Gasteiger partial charge in [0.1, 0.15) is 11.4 Å². The predicted octanol–water partition coefficient (Wildman–Crippen LogP) is 3.07. The van der Waals surface area contributed by atoms with Crippen LogP contribution in [0.25, 0.3) is 0 Å². The molecule has 2 amide bonds. The van der Waals surface area contributed by atoms with Crippen molar-refractivity contribution in [1.82, 2.24) is 5.01 Å². The number of nitrogens with zero attached hydrogens (tertiary/aromatic N) is 3. The summed E-state index contributed by atoms with van der Waals surface area (Å²) in [4.78, 5) is 27.6. The molecule has 2 fully saturated rings. The summed E-state index contributed by atoms with van der Waals surface area (Å²) in [7, 11) is 3.93. The first-order chi connectivity index (χ1) is 13.2. The van der Waals surface area contributed by atoms with Crippen LogP contribution in [0.4, 0.5) is 5.69 Å². The molecule has 6 heteroatoms. The molecule has 0 aromatic heterocycles. The monoisotopic (exact) mass is 381 g/mol. The fourth-order valence-corrected chi connectivity index (χ4v) is 4.45. The minimum Gasteiger partial charge on any atom is -0.487 e. The van der Waals surface area contributed by atoms with E-state index in [4.69, 9.17) is 4.74 Å². The third-order valence-electron chi connectivity index (χ3n) is 5.69. The molecule has 3 aliphatic rings. The summed E-state index contributed by atoms with van der Waals surface area (Å²) in [5.74, 6) is 0.222. The molecule has 6 nitrogen and oxygen atoms in total. The van der Waals surface area contributed by atoms with Crippen molar-refractivity contribution in [3.05, 3.63) is 35.9 Å². The van der Waals surface area contributed by atoms with E-state index in [9.17, 15) is 9.59 Å². The number of hydrogen-bond acceptors (Lipinski definition) is 5. The van der Waals surface area contributed by atoms with Gasteiger partial charge in [0.2, 0.25) is 0 Å². The molecule has 0 N–H and O–H groups in total. The number of hydrazone groups is 1. The molecular formula is C22H27N3O3. The van der Waals surface area contributed by atoms with Crippen molar-refractivity contribution in [3.63, 3.8) is 0 Å². The fourth-order valence-electron chi connectivity index (χ4n) is 4.45. The van der Waals surface area contributed by atoms with Crippen molar-refractivity contribution in [2.24, 2.45) is 28.8 Å². The van der Waals surface area contributed by atoms with Crippen molar-refractivity contribution < 1.29 is 14.3 Å². The average molecular weight is 381 g/mol. The Morgan fingerprint density at radius 2 is 1.71 bits per heavy atom. The predicted molar refractivity (Wildman–Crippen MR) is 108 cm³/mol. The Morgan fingerprint density at radius 3 is 2.25 bits per heavy atom. The van der Waals surface area contributed by atoms with Gasteiger partial charge in [-0.05, 0) is 51.2 Å². The summed E-state index contributed by atoms with van der Waals surface area (Å²) in [6.45, 7) is 5.94. The van der Waals surface area contributed by atoms with Gasteiger partial charge in [0.15, 0.2) is 0 Å². The molecule has 1 heterocycles. The number of hydrogen-bond donors (Lipinski definition) is 0. The molecule has 2 aliphatic carbocycles. The molecule has 4 unspecified atom stereocenters. The van der Waals surface area contributed by atoms with Gasteiger partial charge in [0.25, 0.3) is 11.8 Å². The normalized spacial score (nSPS) is 28.5. The first kappa shape index (κ1) is 18.7. The zero-order valence-electron chi connectivity index (χ0n) is 17.0. The SMILES string of the molecule is CN(C)c1ccc(C=NN2C(=O)C3C4C=CC(C4)C3C2=O)c(OC(C)(C)C)c1. The van der Waals surface area contributed by atoms with Gasteiger partial charge in [-0.2, -0.15) is 10.1 Å². The lowest BCUT2D eigenvalue weighted by Gasteiger charge is -2.24. The Labute approximate surface area is 165 Å². The number of amides is 2. The van der Waals surface area contributed by atoms with Crippen molar-refractivity contribution in [2.45, 2.75) is 32.8 Å². The standard InChI is InChI=1S/C22H27N3O3/c1-22(2,3)28-17-11-16(24(4)5)9-8-15(17)12-23-25-20(26)18-13-6-7-14(10-13)19(18)21(25)27/h6-9,11-14,18-19H,10H2,1-5H3. The molecule has 1 saturated carbocycles. The van der Waals surface area contributed by atoms with E-state index in [1.54, 1.807) is 6.21 Å². The van der Waals surface area contributed by atoms with Gasteiger partial charge in [-0.25, -0.2) is 0 Å². The van der Waals surface area contributed by atoms with E-state index in [0.717, 1.165) is 22.7 Å². The second-order valence-electron chi connectivity index (χ2n) is 9.06. The minimum absolute atomic E-state index is 0.175. The van der Waals surface area contributed by atoms with Crippen LogP contribution >= 0.6 is 0 Å². The maximum atomic E-state index is 12.8. The van der Waals surface area contributed by atoms with E-state index in [-0.39, 0.29) is 41.1 Å². The van der Waals surface area contributed by atoms with E-state index in [2.05, 4.69) is 17.3 Å². The molecule has 1 aliphatic heterocycles. The van der Waals surface area contributed by atoms with E-state index < -0.39 is 0 Å². The lowest BCUT2D eigenvalue weighted by atomic mass is 9.85. The molecule has 1 aromatic rings. The molecule has 1 saturated heterocycles. The summed E-state index contributed by atoms with van der Waals surface area (Å²) < 4.78 is 6.09. The van der Waals surface area contributed by atoms with Crippen molar-refractivity contribution in [1.29, 1.82) is 0 Å². The molecule has 2 bridgehead atoms. The van der Waals surface area contributed by atoms with Gasteiger partial charge in [0, 0.05) is 31.4 Å². The second-order valence-corrected chi connectivity index (χ2v) is 9.06. The number of rotatable bonds is 4. The number of imide groups is 1. The van der Waals surface area contributed by atoms with Crippen LogP contribution in [0.2, 0.25) is 0 Å². The summed E-state index contributed by atoms with van der Waals surface area (Å²) >= 11 is 0. The Kier molecular flexibility index (Phi) is 4.32. The Hall–Kier alpha value is -2.63. The van der Waals surface area contributed by atoms with E-state index in [0.29, 0.717) is 5.75 Å². The number of carbonyl (C=O) groups excluding carboxylic acids is 2. The molecular weight excluding hydrogens is 354 g/mol. The maximum Gasteiger partial charge on any atom is 0.254 e. The van der Waals surface area contributed by atoms with Crippen LogP contribution in [0.1, 0.15) is 32.8 Å². The highest BCUT2D eigenvalue weighted by Gasteiger charge is 2.59. The molecule has 4 rings (SSSR count). The summed E-state index contributed by atoms with van der Waals surface area (Å²) in [5, 5.41) is 5.36. The smallest absolute Gasteiger partial charge is 0.254 e. The Morgan fingerprint density at radius 1 is 1.11 bits per heavy atom.